The van der Waals surface area contributed by atoms with E-state index >= 15 is 0 Å². The van der Waals surface area contributed by atoms with E-state index in [0.717, 1.165) is 0 Å². The molecule has 1 saturated heterocycles. The number of nitrogens with one attached hydrogen (secondary N) is 2. The van der Waals surface area contributed by atoms with Crippen LogP contribution in [0.15, 0.2) is 29.2 Å². The zero-order valence-corrected chi connectivity index (χ0v) is 9.08. The molecule has 1 aromatic rings. The third-order valence-electron chi connectivity index (χ3n) is 2.62. The van der Waals surface area contributed by atoms with Gasteiger partial charge in [-0.25, -0.2) is 13.2 Å². The fraction of sp³-hybridized carbons (Fsp3) is 0.111. The molecule has 0 aliphatic carbocycles. The summed E-state index contributed by atoms with van der Waals surface area (Å²) in [5.74, 6) is -0.837. The lowest BCUT2D eigenvalue weighted by Gasteiger charge is -2.17. The van der Waals surface area contributed by atoms with Gasteiger partial charge in [0.1, 0.15) is 0 Å². The van der Waals surface area contributed by atoms with E-state index in [1.165, 1.54) is 18.2 Å². The summed E-state index contributed by atoms with van der Waals surface area (Å²) in [6, 6.07) is 5.84. The van der Waals surface area contributed by atoms with Gasteiger partial charge in [0.25, 0.3) is 11.6 Å². The summed E-state index contributed by atoms with van der Waals surface area (Å²) < 4.78 is 30.4. The van der Waals surface area contributed by atoms with E-state index in [9.17, 15) is 18.0 Å². The molecule has 1 atom stereocenters. The Kier molecular flexibility index (Phi) is 1.71. The van der Waals surface area contributed by atoms with E-state index in [-0.39, 0.29) is 10.5 Å². The SMILES string of the molecule is O=C1NC(=O)C2(NS(=O)(=O)c3ccccc32)O1. The van der Waals surface area contributed by atoms with Gasteiger partial charge in [0.05, 0.1) is 4.90 Å². The largest absolute Gasteiger partial charge is 0.416 e. The lowest BCUT2D eigenvalue weighted by atomic mass is 10.0. The van der Waals surface area contributed by atoms with Crippen LogP contribution >= 0.6 is 0 Å². The van der Waals surface area contributed by atoms with Crippen LogP contribution in [0.1, 0.15) is 5.56 Å². The van der Waals surface area contributed by atoms with Crippen LogP contribution in [0.25, 0.3) is 0 Å². The second-order valence-electron chi connectivity index (χ2n) is 3.63. The van der Waals surface area contributed by atoms with Crippen LogP contribution in [0.2, 0.25) is 0 Å². The number of alkyl carbamates (subject to hydrolysis) is 1. The first-order chi connectivity index (χ1) is 7.96. The van der Waals surface area contributed by atoms with Crippen LogP contribution in [0.4, 0.5) is 4.79 Å². The highest BCUT2D eigenvalue weighted by Crippen LogP contribution is 2.38. The van der Waals surface area contributed by atoms with Crippen molar-refractivity contribution in [2.75, 3.05) is 0 Å². The van der Waals surface area contributed by atoms with Gasteiger partial charge < -0.3 is 4.74 Å². The second-order valence-corrected chi connectivity index (χ2v) is 5.28. The van der Waals surface area contributed by atoms with Gasteiger partial charge in [-0.1, -0.05) is 18.2 Å². The lowest BCUT2D eigenvalue weighted by Crippen LogP contribution is -2.46. The molecular weight excluding hydrogens is 248 g/mol. The molecule has 1 unspecified atom stereocenters. The number of carbonyl (C=O) groups is 2. The highest BCUT2D eigenvalue weighted by atomic mass is 32.2. The summed E-state index contributed by atoms with van der Waals surface area (Å²) in [5, 5.41) is 1.90. The molecule has 7 nitrogen and oxygen atoms in total. The minimum atomic E-state index is -3.84. The molecule has 88 valence electrons. The Balaban J connectivity index is 2.31. The van der Waals surface area contributed by atoms with Crippen molar-refractivity contribution in [3.63, 3.8) is 0 Å². The molecular formula is C9H6N2O5S. The van der Waals surface area contributed by atoms with Crippen molar-refractivity contribution in [1.29, 1.82) is 0 Å². The number of hydrogen-bond acceptors (Lipinski definition) is 5. The van der Waals surface area contributed by atoms with Gasteiger partial charge in [0, 0.05) is 5.56 Å². The average Bonchev–Trinajstić information content (AvgIpc) is 2.65. The summed E-state index contributed by atoms with van der Waals surface area (Å²) in [4.78, 5) is 22.7. The van der Waals surface area contributed by atoms with Gasteiger partial charge in [-0.05, 0) is 6.07 Å². The smallest absolute Gasteiger partial charge is 0.412 e. The Hall–Kier alpha value is -1.93. The first-order valence-electron chi connectivity index (χ1n) is 4.64. The van der Waals surface area contributed by atoms with Crippen LogP contribution in [0.5, 0.6) is 0 Å². The van der Waals surface area contributed by atoms with Crippen LogP contribution in [-0.2, 0) is 25.3 Å². The number of rotatable bonds is 0. The third kappa shape index (κ3) is 1.16. The van der Waals surface area contributed by atoms with E-state index in [1.807, 2.05) is 5.32 Å². The van der Waals surface area contributed by atoms with Crippen LogP contribution in [-0.4, -0.2) is 20.4 Å². The fourth-order valence-corrected chi connectivity index (χ4v) is 3.42. The molecule has 2 N–H and O–H groups in total. The van der Waals surface area contributed by atoms with Crippen molar-refractivity contribution in [3.05, 3.63) is 29.8 Å². The standard InChI is InChI=1S/C9H6N2O5S/c12-7-9(16-8(13)10-7)5-3-1-2-4-6(5)17(14,15)11-9/h1-4,11H,(H,10,12,13). The predicted molar refractivity (Wildman–Crippen MR) is 53.1 cm³/mol. The van der Waals surface area contributed by atoms with Crippen molar-refractivity contribution in [2.45, 2.75) is 10.6 Å². The molecule has 2 aliphatic heterocycles. The number of ether oxygens (including phenoxy) is 1. The van der Waals surface area contributed by atoms with E-state index < -0.39 is 27.7 Å². The highest BCUT2D eigenvalue weighted by Gasteiger charge is 2.59. The molecule has 1 aromatic carbocycles. The lowest BCUT2D eigenvalue weighted by molar-refractivity contribution is -0.132. The molecule has 2 heterocycles. The van der Waals surface area contributed by atoms with Crippen molar-refractivity contribution < 1.29 is 22.7 Å². The van der Waals surface area contributed by atoms with Crippen LogP contribution < -0.4 is 10.0 Å². The van der Waals surface area contributed by atoms with Gasteiger partial charge in [-0.2, -0.15) is 4.72 Å². The number of benzene rings is 1. The van der Waals surface area contributed by atoms with Gasteiger partial charge in [0.2, 0.25) is 10.0 Å². The first kappa shape index (κ1) is 10.2. The van der Waals surface area contributed by atoms with Crippen LogP contribution in [0.3, 0.4) is 0 Å². The van der Waals surface area contributed by atoms with Gasteiger partial charge >= 0.3 is 6.09 Å². The van der Waals surface area contributed by atoms with Gasteiger partial charge in [-0.3, -0.25) is 10.1 Å². The predicted octanol–water partition coefficient (Wildman–Crippen LogP) is -0.602. The number of hydrogen-bond donors (Lipinski definition) is 2. The second kappa shape index (κ2) is 2.84. The normalized spacial score (nSPS) is 28.9. The number of fused-ring (bicyclic) bond motifs is 2. The summed E-state index contributed by atoms with van der Waals surface area (Å²) in [6.07, 6.45) is -0.977. The third-order valence-corrected chi connectivity index (χ3v) is 4.11. The average molecular weight is 254 g/mol. The maximum Gasteiger partial charge on any atom is 0.416 e. The summed E-state index contributed by atoms with van der Waals surface area (Å²) in [6.45, 7) is 0. The van der Waals surface area contributed by atoms with E-state index in [1.54, 1.807) is 6.07 Å². The molecule has 0 aromatic heterocycles. The Morgan fingerprint density at radius 2 is 1.88 bits per heavy atom. The Morgan fingerprint density at radius 3 is 2.53 bits per heavy atom. The first-order valence-corrected chi connectivity index (χ1v) is 6.12. The fourth-order valence-electron chi connectivity index (χ4n) is 1.93. The quantitative estimate of drug-likeness (QED) is 0.643. The topological polar surface area (TPSA) is 102 Å². The monoisotopic (exact) mass is 254 g/mol. The Morgan fingerprint density at radius 1 is 1.18 bits per heavy atom. The summed E-state index contributed by atoms with van der Waals surface area (Å²) >= 11 is 0. The molecule has 0 saturated carbocycles. The molecule has 17 heavy (non-hydrogen) atoms. The van der Waals surface area contributed by atoms with Crippen molar-refractivity contribution in [3.8, 4) is 0 Å². The van der Waals surface area contributed by atoms with E-state index in [2.05, 4.69) is 4.72 Å². The van der Waals surface area contributed by atoms with Crippen LogP contribution in [0, 0.1) is 0 Å². The van der Waals surface area contributed by atoms with Crippen molar-refractivity contribution in [2.24, 2.45) is 0 Å². The highest BCUT2D eigenvalue weighted by molar-refractivity contribution is 7.90. The van der Waals surface area contributed by atoms with E-state index in [4.69, 9.17) is 4.74 Å². The Labute approximate surface area is 95.8 Å². The molecule has 2 aliphatic rings. The van der Waals surface area contributed by atoms with Gasteiger partial charge in [-0.15, -0.1) is 0 Å². The number of amides is 2. The molecule has 8 heteroatoms. The number of sulfonamides is 1. The Bertz CT molecular complexity index is 653. The summed E-state index contributed by atoms with van der Waals surface area (Å²) in [5.41, 5.74) is -1.84. The molecule has 2 amide bonds. The number of carbonyl (C=O) groups excluding carboxylic acids is 2. The number of imide groups is 1. The molecule has 1 fully saturated rings. The van der Waals surface area contributed by atoms with Crippen molar-refractivity contribution >= 4 is 22.0 Å². The zero-order chi connectivity index (χ0) is 12.3. The molecule has 0 bridgehead atoms. The summed E-state index contributed by atoms with van der Waals surface area (Å²) in [7, 11) is -3.84. The minimum Gasteiger partial charge on any atom is -0.412 e. The van der Waals surface area contributed by atoms with Crippen molar-refractivity contribution in [1.82, 2.24) is 10.0 Å². The van der Waals surface area contributed by atoms with E-state index in [0.29, 0.717) is 0 Å². The maximum atomic E-state index is 11.8. The zero-order valence-electron chi connectivity index (χ0n) is 8.26. The maximum absolute atomic E-state index is 11.8. The molecule has 1 spiro atoms. The molecule has 3 rings (SSSR count). The van der Waals surface area contributed by atoms with Gasteiger partial charge in [0.15, 0.2) is 0 Å². The minimum absolute atomic E-state index is 0.0650. The molecule has 0 radical (unpaired) electrons.